The molecule has 6 N–H and O–H groups in total. The number of benzene rings is 2. The number of nitrogens with zero attached hydrogens (tertiary/aromatic N) is 2. The van der Waals surface area contributed by atoms with E-state index in [9.17, 15) is 14.4 Å². The van der Waals surface area contributed by atoms with E-state index in [1.807, 2.05) is 49.5 Å². The largest absolute Gasteiger partial charge is 0.361 e. The van der Waals surface area contributed by atoms with Crippen LogP contribution in [0.3, 0.4) is 0 Å². The van der Waals surface area contributed by atoms with Crippen LogP contribution >= 0.6 is 35.0 Å². The van der Waals surface area contributed by atoms with E-state index in [2.05, 4.69) is 25.9 Å². The van der Waals surface area contributed by atoms with Crippen LogP contribution in [0.4, 0.5) is 0 Å². The van der Waals surface area contributed by atoms with Crippen molar-refractivity contribution >= 4 is 63.6 Å². The number of carbonyl (C=O) groups excluding carboxylic acids is 3. The lowest BCUT2D eigenvalue weighted by molar-refractivity contribution is -0.142. The SMILES string of the molecule is CCCC[C@@H]1NC(=O)[C@H](CCCN)NCc2cccnc2Sc2c(Cl)cc(Cl)cc2CNC(=O)[C@H](Cc2c[nH]c3ccccc23)N(C)C1=O. The molecule has 0 radical (unpaired) electrons. The van der Waals surface area contributed by atoms with Gasteiger partial charge in [-0.1, -0.05) is 79.0 Å². The monoisotopic (exact) mass is 723 g/mol. The Morgan fingerprint density at radius 3 is 2.57 bits per heavy atom. The number of fused-ring (bicyclic) bond motifs is 3. The molecule has 2 aromatic heterocycles. The van der Waals surface area contributed by atoms with Gasteiger partial charge in [0.2, 0.25) is 17.7 Å². The van der Waals surface area contributed by atoms with Crippen LogP contribution in [0, 0.1) is 0 Å². The highest BCUT2D eigenvalue weighted by Crippen LogP contribution is 2.38. The highest BCUT2D eigenvalue weighted by molar-refractivity contribution is 7.99. The Morgan fingerprint density at radius 2 is 1.78 bits per heavy atom. The van der Waals surface area contributed by atoms with Gasteiger partial charge in [-0.3, -0.25) is 14.4 Å². The third-order valence-corrected chi connectivity index (χ3v) is 10.7. The van der Waals surface area contributed by atoms with E-state index in [4.69, 9.17) is 28.9 Å². The second kappa shape index (κ2) is 17.4. The number of carbonyl (C=O) groups is 3. The summed E-state index contributed by atoms with van der Waals surface area (Å²) in [6.45, 7) is 2.91. The summed E-state index contributed by atoms with van der Waals surface area (Å²) < 4.78 is 0. The van der Waals surface area contributed by atoms with E-state index < -0.39 is 18.1 Å². The van der Waals surface area contributed by atoms with Crippen LogP contribution in [0.2, 0.25) is 10.0 Å². The molecule has 3 heterocycles. The highest BCUT2D eigenvalue weighted by atomic mass is 35.5. The third-order valence-electron chi connectivity index (χ3n) is 8.81. The summed E-state index contributed by atoms with van der Waals surface area (Å²) in [4.78, 5) is 52.5. The number of rotatable bonds is 8. The first kappa shape index (κ1) is 36.7. The molecule has 4 aromatic rings. The minimum atomic E-state index is -0.886. The maximum Gasteiger partial charge on any atom is 0.245 e. The van der Waals surface area contributed by atoms with Gasteiger partial charge in [0.25, 0.3) is 0 Å². The summed E-state index contributed by atoms with van der Waals surface area (Å²) in [7, 11) is 1.63. The quantitative estimate of drug-likeness (QED) is 0.159. The highest BCUT2D eigenvalue weighted by Gasteiger charge is 2.34. The number of likely N-dealkylation sites (N-methyl/N-ethyl adjacent to an activating group) is 1. The molecule has 2 aromatic carbocycles. The van der Waals surface area contributed by atoms with Gasteiger partial charge in [0.05, 0.1) is 11.1 Å². The fourth-order valence-corrected chi connectivity index (χ4v) is 7.69. The summed E-state index contributed by atoms with van der Waals surface area (Å²) in [5.41, 5.74) is 9.25. The molecule has 1 aliphatic heterocycles. The molecule has 0 saturated carbocycles. The fourth-order valence-electron chi connectivity index (χ4n) is 6.04. The molecule has 0 spiro atoms. The maximum absolute atomic E-state index is 14.3. The number of H-pyrrole nitrogens is 1. The summed E-state index contributed by atoms with van der Waals surface area (Å²) in [5, 5.41) is 12.0. The Kier molecular flexibility index (Phi) is 13.0. The van der Waals surface area contributed by atoms with Crippen molar-refractivity contribution in [1.82, 2.24) is 30.8 Å². The number of nitrogens with two attached hydrogens (primary N) is 1. The lowest BCUT2D eigenvalue weighted by atomic mass is 10.0. The standard InChI is InChI=1S/C36H43Cl2N7O3S/c1-3-4-11-30-36(48)45(2)31(17-23-20-41-28-12-6-5-10-26(23)28)34(47)43-21-24-16-25(37)18-27(38)32(24)49-35-22(9-8-15-40-35)19-42-29(13-7-14-39)33(46)44-30/h5-6,8-10,12,15-16,18,20,29-31,41-42H,3-4,7,11,13-14,17,19,21,39H2,1-2H3,(H,43,47)(H,44,46)/t29-,30-,31-/m0/s1. The number of nitrogens with one attached hydrogen (secondary N) is 4. The molecule has 260 valence electrons. The van der Waals surface area contributed by atoms with Crippen molar-refractivity contribution in [3.63, 3.8) is 0 Å². The van der Waals surface area contributed by atoms with Gasteiger partial charge in [0, 0.05) is 59.8 Å². The first-order chi connectivity index (χ1) is 23.7. The first-order valence-corrected chi connectivity index (χ1v) is 18.2. The van der Waals surface area contributed by atoms with Crippen molar-refractivity contribution in [2.75, 3.05) is 13.6 Å². The molecular formula is C36H43Cl2N7O3S. The lowest BCUT2D eigenvalue weighted by Crippen LogP contribution is -2.57. The molecule has 5 rings (SSSR count). The number of unbranched alkanes of at least 4 members (excludes halogenated alkanes) is 1. The molecule has 0 saturated heterocycles. The summed E-state index contributed by atoms with van der Waals surface area (Å²) in [6, 6.07) is 12.7. The average molecular weight is 725 g/mol. The normalized spacial score (nSPS) is 19.6. The molecule has 1 aliphatic rings. The Bertz CT molecular complexity index is 1780. The number of hydrogen-bond donors (Lipinski definition) is 5. The average Bonchev–Trinajstić information content (AvgIpc) is 3.51. The van der Waals surface area contributed by atoms with Crippen molar-refractivity contribution < 1.29 is 14.4 Å². The fraction of sp³-hybridized carbons (Fsp3) is 0.389. The van der Waals surface area contributed by atoms with Gasteiger partial charge in [-0.25, -0.2) is 4.98 Å². The van der Waals surface area contributed by atoms with Crippen LogP contribution in [0.1, 0.15) is 55.7 Å². The van der Waals surface area contributed by atoms with Gasteiger partial charge in [-0.2, -0.15) is 0 Å². The molecule has 0 bridgehead atoms. The van der Waals surface area contributed by atoms with E-state index in [0.29, 0.717) is 57.9 Å². The zero-order valence-electron chi connectivity index (χ0n) is 27.7. The van der Waals surface area contributed by atoms with Crippen molar-refractivity contribution in [1.29, 1.82) is 0 Å². The molecular weight excluding hydrogens is 681 g/mol. The molecule has 13 heteroatoms. The van der Waals surface area contributed by atoms with Crippen LogP contribution < -0.4 is 21.7 Å². The minimum absolute atomic E-state index is 0.117. The molecule has 10 nitrogen and oxygen atoms in total. The summed E-state index contributed by atoms with van der Waals surface area (Å²) in [6.07, 6.45) is 6.92. The van der Waals surface area contributed by atoms with Crippen LogP contribution in [0.15, 0.2) is 70.8 Å². The number of amides is 3. The Hall–Kier alpha value is -3.61. The third kappa shape index (κ3) is 9.15. The smallest absolute Gasteiger partial charge is 0.245 e. The van der Waals surface area contributed by atoms with Crippen LogP contribution in [-0.4, -0.2) is 64.3 Å². The van der Waals surface area contributed by atoms with Crippen molar-refractivity contribution in [2.45, 2.75) is 86.6 Å². The molecule has 0 aliphatic carbocycles. The molecule has 0 fully saturated rings. The van der Waals surface area contributed by atoms with E-state index in [1.54, 1.807) is 25.4 Å². The topological polar surface area (TPSA) is 145 Å². The molecule has 49 heavy (non-hydrogen) atoms. The molecule has 3 amide bonds. The van der Waals surface area contributed by atoms with E-state index in [1.165, 1.54) is 16.7 Å². The predicted octanol–water partition coefficient (Wildman–Crippen LogP) is 5.59. The summed E-state index contributed by atoms with van der Waals surface area (Å²) in [5.74, 6) is -0.973. The minimum Gasteiger partial charge on any atom is -0.361 e. The van der Waals surface area contributed by atoms with Gasteiger partial charge in [-0.05, 0) is 66.8 Å². The maximum atomic E-state index is 14.3. The summed E-state index contributed by atoms with van der Waals surface area (Å²) >= 11 is 14.6. The number of aromatic nitrogens is 2. The van der Waals surface area contributed by atoms with Crippen LogP contribution in [0.25, 0.3) is 10.9 Å². The second-order valence-corrected chi connectivity index (χ2v) is 14.1. The Morgan fingerprint density at radius 1 is 0.980 bits per heavy atom. The van der Waals surface area contributed by atoms with Gasteiger partial charge in [0.1, 0.15) is 17.1 Å². The number of pyridine rings is 1. The lowest BCUT2D eigenvalue weighted by Gasteiger charge is -2.32. The second-order valence-electron chi connectivity index (χ2n) is 12.3. The number of hydrogen-bond acceptors (Lipinski definition) is 7. The van der Waals surface area contributed by atoms with Gasteiger partial charge in [0.15, 0.2) is 0 Å². The van der Waals surface area contributed by atoms with Gasteiger partial charge < -0.3 is 31.6 Å². The zero-order chi connectivity index (χ0) is 34.9. The van der Waals surface area contributed by atoms with E-state index in [-0.39, 0.29) is 30.7 Å². The van der Waals surface area contributed by atoms with Crippen LogP contribution in [0.5, 0.6) is 0 Å². The van der Waals surface area contributed by atoms with Crippen molar-refractivity contribution in [2.24, 2.45) is 5.73 Å². The van der Waals surface area contributed by atoms with E-state index >= 15 is 0 Å². The molecule has 3 atom stereocenters. The van der Waals surface area contributed by atoms with Crippen molar-refractivity contribution in [3.05, 3.63) is 87.7 Å². The Balaban J connectivity index is 1.57. The van der Waals surface area contributed by atoms with Gasteiger partial charge >= 0.3 is 0 Å². The van der Waals surface area contributed by atoms with Gasteiger partial charge in [-0.15, -0.1) is 0 Å². The predicted molar refractivity (Wildman–Crippen MR) is 196 cm³/mol. The zero-order valence-corrected chi connectivity index (χ0v) is 30.1. The Labute approximate surface area is 301 Å². The van der Waals surface area contributed by atoms with Crippen LogP contribution in [-0.2, 0) is 33.9 Å². The van der Waals surface area contributed by atoms with Crippen molar-refractivity contribution in [3.8, 4) is 0 Å². The number of aromatic amines is 1. The van der Waals surface area contributed by atoms with E-state index in [0.717, 1.165) is 34.9 Å². The molecule has 0 unspecified atom stereocenters. The number of halogens is 2. The number of para-hydroxylation sites is 1. The first-order valence-electron chi connectivity index (χ1n) is 16.6.